The first-order valence-electron chi connectivity index (χ1n) is 6.93. The molecule has 3 aromatic rings. The molecule has 0 fully saturated rings. The zero-order valence-electron chi connectivity index (χ0n) is 12.3. The average Bonchev–Trinajstić information content (AvgIpc) is 2.79. The minimum Gasteiger partial charge on any atom is -0.356 e. The number of thiophene rings is 1. The van der Waals surface area contributed by atoms with E-state index in [-0.39, 0.29) is 0 Å². The third-order valence-electron chi connectivity index (χ3n) is 3.59. The fourth-order valence-corrected chi connectivity index (χ4v) is 3.93. The molecule has 0 spiro atoms. The molecule has 0 bridgehead atoms. The summed E-state index contributed by atoms with van der Waals surface area (Å²) in [5.74, 6) is 1.89. The smallest absolute Gasteiger partial charge is 0.146 e. The molecule has 0 aliphatic carbocycles. The van der Waals surface area contributed by atoms with Gasteiger partial charge < -0.3 is 4.90 Å². The Bertz CT molecular complexity index is 774. The van der Waals surface area contributed by atoms with Crippen LogP contribution in [0.25, 0.3) is 20.3 Å². The second-order valence-corrected chi connectivity index (χ2v) is 5.82. The summed E-state index contributed by atoms with van der Waals surface area (Å²) in [5.41, 5.74) is 1.05. The molecule has 0 radical (unpaired) electrons. The van der Waals surface area contributed by atoms with Gasteiger partial charge in [-0.2, -0.15) is 0 Å². The maximum Gasteiger partial charge on any atom is 0.146 e. The molecule has 0 saturated carbocycles. The highest BCUT2D eigenvalue weighted by Crippen LogP contribution is 2.38. The lowest BCUT2D eigenvalue weighted by molar-refractivity contribution is 0.853. The molecular formula is C15H18N4S. The van der Waals surface area contributed by atoms with E-state index in [2.05, 4.69) is 46.7 Å². The lowest BCUT2D eigenvalue weighted by Crippen LogP contribution is -2.22. The van der Waals surface area contributed by atoms with Gasteiger partial charge in [-0.05, 0) is 33.8 Å². The van der Waals surface area contributed by atoms with Crippen LogP contribution in [0, 0.1) is 13.8 Å². The van der Waals surface area contributed by atoms with Crippen molar-refractivity contribution in [2.24, 2.45) is 0 Å². The van der Waals surface area contributed by atoms with Crippen molar-refractivity contribution in [3.8, 4) is 0 Å². The quantitative estimate of drug-likeness (QED) is 0.736. The standard InChI is InChI=1S/C15H18N4S/c1-5-19(6-2)14-13-11(7-8-16-14)12-9(3)17-10(4)18-15(12)20-13/h7-8H,5-6H2,1-4H3. The van der Waals surface area contributed by atoms with Gasteiger partial charge in [0, 0.05) is 30.1 Å². The van der Waals surface area contributed by atoms with E-state index in [4.69, 9.17) is 0 Å². The molecule has 3 heterocycles. The number of rotatable bonds is 3. The van der Waals surface area contributed by atoms with Gasteiger partial charge in [-0.1, -0.05) is 0 Å². The summed E-state index contributed by atoms with van der Waals surface area (Å²) in [5, 5.41) is 2.39. The summed E-state index contributed by atoms with van der Waals surface area (Å²) >= 11 is 1.72. The molecule has 0 amide bonds. The van der Waals surface area contributed by atoms with Crippen molar-refractivity contribution in [3.63, 3.8) is 0 Å². The number of aromatic nitrogens is 3. The highest BCUT2D eigenvalue weighted by atomic mass is 32.1. The van der Waals surface area contributed by atoms with Crippen molar-refractivity contribution in [2.45, 2.75) is 27.7 Å². The van der Waals surface area contributed by atoms with Crippen molar-refractivity contribution in [1.82, 2.24) is 15.0 Å². The Morgan fingerprint density at radius 1 is 1.15 bits per heavy atom. The lowest BCUT2D eigenvalue weighted by Gasteiger charge is -2.20. The van der Waals surface area contributed by atoms with Crippen molar-refractivity contribution >= 4 is 37.5 Å². The lowest BCUT2D eigenvalue weighted by atomic mass is 10.2. The second kappa shape index (κ2) is 4.98. The van der Waals surface area contributed by atoms with Crippen LogP contribution in [0.1, 0.15) is 25.4 Å². The molecule has 5 heteroatoms. The molecule has 3 aromatic heterocycles. The minimum atomic E-state index is 0.832. The molecule has 104 valence electrons. The van der Waals surface area contributed by atoms with E-state index in [1.165, 1.54) is 15.5 Å². The third-order valence-corrected chi connectivity index (χ3v) is 4.68. The molecule has 0 aromatic carbocycles. The molecular weight excluding hydrogens is 268 g/mol. The molecule has 0 unspecified atom stereocenters. The zero-order chi connectivity index (χ0) is 14.3. The van der Waals surface area contributed by atoms with Crippen LogP contribution < -0.4 is 4.90 Å². The van der Waals surface area contributed by atoms with E-state index >= 15 is 0 Å². The number of hydrogen-bond acceptors (Lipinski definition) is 5. The SMILES string of the molecule is CCN(CC)c1nccc2c1sc1nc(C)nc(C)c12. The van der Waals surface area contributed by atoms with Crippen molar-refractivity contribution in [3.05, 3.63) is 23.8 Å². The van der Waals surface area contributed by atoms with Crippen molar-refractivity contribution < 1.29 is 0 Å². The molecule has 20 heavy (non-hydrogen) atoms. The van der Waals surface area contributed by atoms with E-state index in [0.717, 1.165) is 35.3 Å². The van der Waals surface area contributed by atoms with E-state index in [1.807, 2.05) is 13.1 Å². The number of pyridine rings is 1. The molecule has 3 rings (SSSR count). The van der Waals surface area contributed by atoms with Crippen LogP contribution >= 0.6 is 11.3 Å². The second-order valence-electron chi connectivity index (χ2n) is 4.82. The Morgan fingerprint density at radius 2 is 1.90 bits per heavy atom. The van der Waals surface area contributed by atoms with Crippen LogP contribution in [-0.4, -0.2) is 28.0 Å². The van der Waals surface area contributed by atoms with Gasteiger partial charge in [0.25, 0.3) is 0 Å². The van der Waals surface area contributed by atoms with E-state index in [9.17, 15) is 0 Å². The number of hydrogen-bond donors (Lipinski definition) is 0. The van der Waals surface area contributed by atoms with Crippen LogP contribution in [0.4, 0.5) is 5.82 Å². The monoisotopic (exact) mass is 286 g/mol. The van der Waals surface area contributed by atoms with Crippen LogP contribution in [0.2, 0.25) is 0 Å². The highest BCUT2D eigenvalue weighted by Gasteiger charge is 2.16. The first-order chi connectivity index (χ1) is 9.65. The van der Waals surface area contributed by atoms with Crippen LogP contribution in [0.5, 0.6) is 0 Å². The Labute approximate surface area is 122 Å². The molecule has 0 atom stereocenters. The van der Waals surface area contributed by atoms with Gasteiger partial charge in [0.05, 0.1) is 10.4 Å². The maximum absolute atomic E-state index is 4.59. The van der Waals surface area contributed by atoms with E-state index < -0.39 is 0 Å². The summed E-state index contributed by atoms with van der Waals surface area (Å²) in [4.78, 5) is 17.0. The fraction of sp³-hybridized carbons (Fsp3) is 0.400. The fourth-order valence-electron chi connectivity index (χ4n) is 2.64. The van der Waals surface area contributed by atoms with Gasteiger partial charge >= 0.3 is 0 Å². The van der Waals surface area contributed by atoms with Gasteiger partial charge in [-0.3, -0.25) is 0 Å². The van der Waals surface area contributed by atoms with Gasteiger partial charge in [0.15, 0.2) is 0 Å². The zero-order valence-corrected chi connectivity index (χ0v) is 13.1. The number of anilines is 1. The normalized spacial score (nSPS) is 11.4. The summed E-state index contributed by atoms with van der Waals surface area (Å²) in [6, 6.07) is 2.08. The summed E-state index contributed by atoms with van der Waals surface area (Å²) in [7, 11) is 0. The first kappa shape index (κ1) is 13.2. The number of aryl methyl sites for hydroxylation is 2. The largest absolute Gasteiger partial charge is 0.356 e. The highest BCUT2D eigenvalue weighted by molar-refractivity contribution is 7.26. The van der Waals surface area contributed by atoms with Gasteiger partial charge in [-0.25, -0.2) is 15.0 Å². The minimum absolute atomic E-state index is 0.832. The Morgan fingerprint density at radius 3 is 2.60 bits per heavy atom. The van der Waals surface area contributed by atoms with E-state index in [0.29, 0.717) is 0 Å². The molecule has 0 N–H and O–H groups in total. The summed E-state index contributed by atoms with van der Waals surface area (Å²) in [6.45, 7) is 10.2. The molecule has 0 aliphatic rings. The van der Waals surface area contributed by atoms with Crippen LogP contribution in [0.15, 0.2) is 12.3 Å². The summed E-state index contributed by atoms with van der Waals surface area (Å²) in [6.07, 6.45) is 1.89. The average molecular weight is 286 g/mol. The summed E-state index contributed by atoms with van der Waals surface area (Å²) < 4.78 is 1.22. The Hall–Kier alpha value is -1.75. The van der Waals surface area contributed by atoms with Gasteiger partial charge in [0.1, 0.15) is 16.5 Å². The van der Waals surface area contributed by atoms with Crippen molar-refractivity contribution in [1.29, 1.82) is 0 Å². The third kappa shape index (κ3) is 1.93. The molecule has 0 saturated heterocycles. The Kier molecular flexibility index (Phi) is 3.30. The van der Waals surface area contributed by atoms with E-state index in [1.54, 1.807) is 11.3 Å². The Balaban J connectivity index is 2.38. The number of fused-ring (bicyclic) bond motifs is 3. The van der Waals surface area contributed by atoms with Crippen LogP contribution in [-0.2, 0) is 0 Å². The molecule has 0 aliphatic heterocycles. The topological polar surface area (TPSA) is 41.9 Å². The molecule has 4 nitrogen and oxygen atoms in total. The maximum atomic E-state index is 4.59. The van der Waals surface area contributed by atoms with Gasteiger partial charge in [0.2, 0.25) is 0 Å². The predicted octanol–water partition coefficient (Wildman–Crippen LogP) is 3.70. The number of nitrogens with zero attached hydrogens (tertiary/aromatic N) is 4. The van der Waals surface area contributed by atoms with Crippen molar-refractivity contribution in [2.75, 3.05) is 18.0 Å². The first-order valence-corrected chi connectivity index (χ1v) is 7.74. The predicted molar refractivity (Wildman–Crippen MR) is 85.8 cm³/mol. The van der Waals surface area contributed by atoms with Gasteiger partial charge in [-0.15, -0.1) is 11.3 Å². The van der Waals surface area contributed by atoms with Crippen LogP contribution in [0.3, 0.4) is 0 Å².